The smallest absolute Gasteiger partial charge is 0.261 e. The van der Waals surface area contributed by atoms with Gasteiger partial charge in [-0.1, -0.05) is 55.9 Å². The van der Waals surface area contributed by atoms with Gasteiger partial charge in [0.15, 0.2) is 0 Å². The van der Waals surface area contributed by atoms with Gasteiger partial charge >= 0.3 is 0 Å². The Morgan fingerprint density at radius 1 is 1.07 bits per heavy atom. The van der Waals surface area contributed by atoms with Crippen LogP contribution in [0, 0.1) is 0 Å². The second kappa shape index (κ2) is 9.34. The van der Waals surface area contributed by atoms with Crippen molar-refractivity contribution in [3.05, 3.63) is 59.7 Å². The molecule has 0 spiro atoms. The van der Waals surface area contributed by atoms with Crippen LogP contribution in [0.15, 0.2) is 58.5 Å². The van der Waals surface area contributed by atoms with Crippen molar-refractivity contribution in [2.24, 2.45) is 0 Å². The highest BCUT2D eigenvalue weighted by Gasteiger charge is 2.27. The zero-order chi connectivity index (χ0) is 21.0. The Morgan fingerprint density at radius 3 is 2.34 bits per heavy atom. The lowest BCUT2D eigenvalue weighted by atomic mass is 9.88. The first-order chi connectivity index (χ1) is 13.8. The van der Waals surface area contributed by atoms with Crippen LogP contribution in [0.3, 0.4) is 0 Å². The minimum Gasteiger partial charge on any atom is -0.349 e. The molecule has 4 rings (SSSR count). The SMILES string of the molecule is CCN(CC)C1Cc2cccc3[nH]c(Sc4ccccc4)c(c23)C1.CS(=O)(=O)O. The van der Waals surface area contributed by atoms with Gasteiger partial charge in [0.25, 0.3) is 10.1 Å². The Balaban J connectivity index is 0.000000431. The van der Waals surface area contributed by atoms with Gasteiger partial charge in [0.2, 0.25) is 0 Å². The largest absolute Gasteiger partial charge is 0.349 e. The number of hydrogen-bond donors (Lipinski definition) is 2. The fraction of sp³-hybridized carbons (Fsp3) is 0.364. The maximum atomic E-state index is 9.19. The molecule has 29 heavy (non-hydrogen) atoms. The van der Waals surface area contributed by atoms with E-state index in [1.807, 2.05) is 11.8 Å². The molecule has 0 bridgehead atoms. The van der Waals surface area contributed by atoms with Crippen LogP contribution in [0.2, 0.25) is 0 Å². The second-order valence-corrected chi connectivity index (χ2v) is 9.75. The van der Waals surface area contributed by atoms with Gasteiger partial charge in [0.05, 0.1) is 11.3 Å². The van der Waals surface area contributed by atoms with Crippen LogP contribution in [0.1, 0.15) is 25.0 Å². The van der Waals surface area contributed by atoms with Gasteiger partial charge in [-0.3, -0.25) is 4.55 Å². The van der Waals surface area contributed by atoms with Crippen LogP contribution in [0.5, 0.6) is 0 Å². The molecule has 0 radical (unpaired) electrons. The highest BCUT2D eigenvalue weighted by molar-refractivity contribution is 7.99. The molecule has 156 valence electrons. The van der Waals surface area contributed by atoms with Crippen molar-refractivity contribution >= 4 is 32.8 Å². The minimum absolute atomic E-state index is 0.615. The third kappa shape index (κ3) is 5.63. The van der Waals surface area contributed by atoms with Gasteiger partial charge in [-0.25, -0.2) is 0 Å². The molecule has 0 saturated carbocycles. The molecule has 1 aliphatic rings. The van der Waals surface area contributed by atoms with E-state index >= 15 is 0 Å². The molecule has 3 aromatic rings. The summed E-state index contributed by atoms with van der Waals surface area (Å²) in [6.07, 6.45) is 3.03. The number of likely N-dealkylation sites (N-methyl/N-ethyl adjacent to an activating group) is 1. The summed E-state index contributed by atoms with van der Waals surface area (Å²) < 4.78 is 25.9. The van der Waals surface area contributed by atoms with E-state index in [2.05, 4.69) is 72.3 Å². The highest BCUT2D eigenvalue weighted by atomic mass is 32.2. The summed E-state index contributed by atoms with van der Waals surface area (Å²) in [5.74, 6) is 0. The fourth-order valence-electron chi connectivity index (χ4n) is 3.99. The lowest BCUT2D eigenvalue weighted by Gasteiger charge is -2.33. The molecule has 1 heterocycles. The number of nitrogens with one attached hydrogen (secondary N) is 1. The fourth-order valence-corrected chi connectivity index (χ4v) is 4.99. The molecule has 1 aliphatic carbocycles. The average molecular weight is 433 g/mol. The van der Waals surface area contributed by atoms with Gasteiger partial charge < -0.3 is 9.88 Å². The van der Waals surface area contributed by atoms with Crippen LogP contribution in [0.4, 0.5) is 0 Å². The lowest BCUT2D eigenvalue weighted by Crippen LogP contribution is -2.39. The van der Waals surface area contributed by atoms with E-state index in [4.69, 9.17) is 4.55 Å². The number of aromatic nitrogens is 1. The monoisotopic (exact) mass is 432 g/mol. The number of benzene rings is 2. The predicted octanol–water partition coefficient (Wildman–Crippen LogP) is 4.63. The van der Waals surface area contributed by atoms with Crippen molar-refractivity contribution in [3.63, 3.8) is 0 Å². The highest BCUT2D eigenvalue weighted by Crippen LogP contribution is 2.40. The molecular formula is C22H28N2O3S2. The minimum atomic E-state index is -3.67. The van der Waals surface area contributed by atoms with Crippen molar-refractivity contribution in [3.8, 4) is 0 Å². The number of hydrogen-bond acceptors (Lipinski definition) is 4. The summed E-state index contributed by atoms with van der Waals surface area (Å²) in [6.45, 7) is 6.79. The zero-order valence-corrected chi connectivity index (χ0v) is 18.7. The Bertz CT molecular complexity index is 1050. The second-order valence-electron chi connectivity index (χ2n) is 7.20. The van der Waals surface area contributed by atoms with E-state index in [-0.39, 0.29) is 0 Å². The maximum Gasteiger partial charge on any atom is 0.261 e. The summed E-state index contributed by atoms with van der Waals surface area (Å²) in [4.78, 5) is 7.59. The van der Waals surface area contributed by atoms with E-state index in [0.29, 0.717) is 12.3 Å². The quantitative estimate of drug-likeness (QED) is 0.575. The molecule has 1 aromatic heterocycles. The van der Waals surface area contributed by atoms with E-state index in [0.717, 1.165) is 19.5 Å². The average Bonchev–Trinajstić information content (AvgIpc) is 3.01. The van der Waals surface area contributed by atoms with Crippen molar-refractivity contribution in [1.82, 2.24) is 9.88 Å². The van der Waals surface area contributed by atoms with Crippen LogP contribution in [-0.2, 0) is 23.0 Å². The third-order valence-corrected chi connectivity index (χ3v) is 6.22. The molecular weight excluding hydrogens is 404 g/mol. The molecule has 0 amide bonds. The van der Waals surface area contributed by atoms with E-state index in [9.17, 15) is 8.42 Å². The van der Waals surface area contributed by atoms with Crippen LogP contribution in [0.25, 0.3) is 10.9 Å². The third-order valence-electron chi connectivity index (χ3n) is 5.16. The van der Waals surface area contributed by atoms with Gasteiger partial charge in [0, 0.05) is 21.8 Å². The molecule has 1 unspecified atom stereocenters. The molecule has 2 N–H and O–H groups in total. The van der Waals surface area contributed by atoms with Crippen LogP contribution < -0.4 is 0 Å². The first-order valence-corrected chi connectivity index (χ1v) is 12.5. The van der Waals surface area contributed by atoms with E-state index in [1.54, 1.807) is 0 Å². The molecule has 1 atom stereocenters. The molecule has 0 aliphatic heterocycles. The lowest BCUT2D eigenvalue weighted by molar-refractivity contribution is 0.211. The first kappa shape index (κ1) is 21.9. The first-order valence-electron chi connectivity index (χ1n) is 9.82. The van der Waals surface area contributed by atoms with Crippen LogP contribution >= 0.6 is 11.8 Å². The molecule has 2 aromatic carbocycles. The summed E-state index contributed by atoms with van der Waals surface area (Å²) in [6, 6.07) is 18.0. The summed E-state index contributed by atoms with van der Waals surface area (Å²) in [5, 5.41) is 2.79. The molecule has 0 fully saturated rings. The molecule has 5 nitrogen and oxygen atoms in total. The van der Waals surface area contributed by atoms with Gasteiger partial charge in [0.1, 0.15) is 0 Å². The zero-order valence-electron chi connectivity index (χ0n) is 17.1. The standard InChI is InChI=1S/C21H24N2S.CH4O3S/c1-3-23(4-2)16-13-15-9-8-12-19-20(15)18(14-16)21(22-19)24-17-10-6-5-7-11-17;1-5(2,3)4/h5-12,16,22H,3-4,13-14H2,1-2H3;1H3,(H,2,3,4). The van der Waals surface area contributed by atoms with Crippen molar-refractivity contribution in [1.29, 1.82) is 0 Å². The Labute approximate surface area is 177 Å². The van der Waals surface area contributed by atoms with Crippen molar-refractivity contribution < 1.29 is 13.0 Å². The summed E-state index contributed by atoms with van der Waals surface area (Å²) in [5.41, 5.74) is 4.30. The summed E-state index contributed by atoms with van der Waals surface area (Å²) in [7, 11) is -3.67. The normalized spacial score (nSPS) is 16.0. The number of nitrogens with zero attached hydrogens (tertiary/aromatic N) is 1. The number of aromatic amines is 1. The maximum absolute atomic E-state index is 9.19. The van der Waals surface area contributed by atoms with Crippen LogP contribution in [-0.4, -0.2) is 48.2 Å². The van der Waals surface area contributed by atoms with Crippen molar-refractivity contribution in [2.45, 2.75) is 42.7 Å². The number of rotatable bonds is 5. The Morgan fingerprint density at radius 2 is 1.72 bits per heavy atom. The van der Waals surface area contributed by atoms with Gasteiger partial charge in [-0.05, 0) is 55.3 Å². The Kier molecular flexibility index (Phi) is 7.05. The van der Waals surface area contributed by atoms with Crippen molar-refractivity contribution in [2.75, 3.05) is 19.3 Å². The molecule has 7 heteroatoms. The van der Waals surface area contributed by atoms with Gasteiger partial charge in [-0.2, -0.15) is 8.42 Å². The predicted molar refractivity (Wildman–Crippen MR) is 120 cm³/mol. The topological polar surface area (TPSA) is 73.4 Å². The summed E-state index contributed by atoms with van der Waals surface area (Å²) >= 11 is 1.86. The number of H-pyrrole nitrogens is 1. The molecule has 0 saturated heterocycles. The van der Waals surface area contributed by atoms with E-state index in [1.165, 1.54) is 38.4 Å². The Hall–Kier alpha value is -1.80. The van der Waals surface area contributed by atoms with E-state index < -0.39 is 10.1 Å². The van der Waals surface area contributed by atoms with Gasteiger partial charge in [-0.15, -0.1) is 0 Å².